The van der Waals surface area contributed by atoms with Crippen molar-refractivity contribution in [3.05, 3.63) is 71.4 Å². The molecule has 0 saturated carbocycles. The minimum atomic E-state index is -0.982. The molecule has 8 heteroatoms. The van der Waals surface area contributed by atoms with Gasteiger partial charge < -0.3 is 14.4 Å². The van der Waals surface area contributed by atoms with Crippen molar-refractivity contribution in [2.45, 2.75) is 58.7 Å². The zero-order valence-electron chi connectivity index (χ0n) is 19.9. The Labute approximate surface area is 199 Å². The number of carboxylic acid groups (broad SMARTS) is 1. The third kappa shape index (κ3) is 6.02. The quantitative estimate of drug-likeness (QED) is 0.352. The molecule has 0 aliphatic carbocycles. The standard InChI is InChI=1S/C26H31N3O5/c1-5-15-26(4,24(30)31)27-16-19-11-13-21(14-12-19)23-22(17(2)29-34-23)28-25(32)33-18(3)20-9-7-6-8-10-20/h6-14,18,27H,5,15-16H2,1-4H3,(H,28,32)(H,30,31)/t18-,26?/m1/s1. The maximum atomic E-state index is 12.5. The highest BCUT2D eigenvalue weighted by Gasteiger charge is 2.31. The molecule has 0 radical (unpaired) electrons. The van der Waals surface area contributed by atoms with Crippen molar-refractivity contribution in [3.8, 4) is 11.3 Å². The van der Waals surface area contributed by atoms with Crippen LogP contribution in [0.1, 0.15) is 56.5 Å². The number of benzene rings is 2. The Kier molecular flexibility index (Phi) is 8.07. The molecule has 1 amide bonds. The molecule has 3 aromatic rings. The Morgan fingerprint density at radius 3 is 2.44 bits per heavy atom. The number of aromatic nitrogens is 1. The highest BCUT2D eigenvalue weighted by Crippen LogP contribution is 2.31. The third-order valence-corrected chi connectivity index (χ3v) is 5.76. The number of nitrogens with one attached hydrogen (secondary N) is 2. The molecule has 0 aliphatic heterocycles. The number of hydrogen-bond donors (Lipinski definition) is 3. The number of aliphatic carboxylic acids is 1. The van der Waals surface area contributed by atoms with Gasteiger partial charge in [-0.3, -0.25) is 15.4 Å². The van der Waals surface area contributed by atoms with Crippen LogP contribution in [0.15, 0.2) is 59.1 Å². The van der Waals surface area contributed by atoms with Crippen LogP contribution in [0.25, 0.3) is 11.3 Å². The topological polar surface area (TPSA) is 114 Å². The predicted molar refractivity (Wildman–Crippen MR) is 129 cm³/mol. The Morgan fingerprint density at radius 1 is 1.15 bits per heavy atom. The van der Waals surface area contributed by atoms with E-state index in [-0.39, 0.29) is 0 Å². The number of ether oxygens (including phenoxy) is 1. The molecule has 2 aromatic carbocycles. The van der Waals surface area contributed by atoms with Crippen LogP contribution in [0.5, 0.6) is 0 Å². The smallest absolute Gasteiger partial charge is 0.412 e. The molecule has 0 aliphatic rings. The van der Waals surface area contributed by atoms with Gasteiger partial charge in [0.05, 0.1) is 0 Å². The molecule has 1 heterocycles. The van der Waals surface area contributed by atoms with E-state index in [0.29, 0.717) is 30.1 Å². The first-order valence-electron chi connectivity index (χ1n) is 11.3. The minimum Gasteiger partial charge on any atom is -0.480 e. The number of carboxylic acids is 1. The van der Waals surface area contributed by atoms with Gasteiger partial charge in [-0.05, 0) is 38.3 Å². The van der Waals surface area contributed by atoms with E-state index in [2.05, 4.69) is 15.8 Å². The summed E-state index contributed by atoms with van der Waals surface area (Å²) < 4.78 is 11.0. The van der Waals surface area contributed by atoms with E-state index in [1.165, 1.54) is 0 Å². The lowest BCUT2D eigenvalue weighted by molar-refractivity contribution is -0.144. The molecule has 0 bridgehead atoms. The van der Waals surface area contributed by atoms with E-state index in [0.717, 1.165) is 23.1 Å². The van der Waals surface area contributed by atoms with Gasteiger partial charge in [0, 0.05) is 12.1 Å². The van der Waals surface area contributed by atoms with Crippen LogP contribution in [0.2, 0.25) is 0 Å². The van der Waals surface area contributed by atoms with Gasteiger partial charge in [0.15, 0.2) is 5.76 Å². The lowest BCUT2D eigenvalue weighted by atomic mass is 9.96. The molecule has 1 unspecified atom stereocenters. The number of hydrogen-bond acceptors (Lipinski definition) is 6. The third-order valence-electron chi connectivity index (χ3n) is 5.76. The summed E-state index contributed by atoms with van der Waals surface area (Å²) in [6, 6.07) is 16.9. The number of carbonyl (C=O) groups excluding carboxylic acids is 1. The summed E-state index contributed by atoms with van der Waals surface area (Å²) in [6.07, 6.45) is 0.280. The monoisotopic (exact) mass is 465 g/mol. The predicted octanol–water partition coefficient (Wildman–Crippen LogP) is 5.69. The first-order valence-corrected chi connectivity index (χ1v) is 11.3. The second kappa shape index (κ2) is 11.0. The first-order chi connectivity index (χ1) is 16.2. The molecule has 34 heavy (non-hydrogen) atoms. The van der Waals surface area contributed by atoms with Crippen molar-refractivity contribution in [1.82, 2.24) is 10.5 Å². The van der Waals surface area contributed by atoms with Crippen LogP contribution in [0.3, 0.4) is 0 Å². The van der Waals surface area contributed by atoms with Gasteiger partial charge in [0.2, 0.25) is 0 Å². The van der Waals surface area contributed by atoms with Crippen molar-refractivity contribution in [2.75, 3.05) is 5.32 Å². The van der Waals surface area contributed by atoms with Crippen molar-refractivity contribution >= 4 is 17.7 Å². The molecular formula is C26H31N3O5. The van der Waals surface area contributed by atoms with Gasteiger partial charge in [-0.1, -0.05) is 73.1 Å². The largest absolute Gasteiger partial charge is 0.480 e. The summed E-state index contributed by atoms with van der Waals surface area (Å²) in [6.45, 7) is 7.61. The van der Waals surface area contributed by atoms with E-state index in [4.69, 9.17) is 9.26 Å². The van der Waals surface area contributed by atoms with Crippen LogP contribution in [0.4, 0.5) is 10.5 Å². The normalized spacial score (nSPS) is 13.6. The molecule has 3 rings (SSSR count). The number of carbonyl (C=O) groups is 2. The number of aryl methyl sites for hydroxylation is 1. The SMILES string of the molecule is CCCC(C)(NCc1ccc(-c2onc(C)c2NC(=O)O[C@H](C)c2ccccc2)cc1)C(=O)O. The number of anilines is 1. The molecular weight excluding hydrogens is 434 g/mol. The lowest BCUT2D eigenvalue weighted by Crippen LogP contribution is -2.48. The highest BCUT2D eigenvalue weighted by atomic mass is 16.6. The molecule has 1 aromatic heterocycles. The molecule has 0 spiro atoms. The van der Waals surface area contributed by atoms with Gasteiger partial charge in [-0.2, -0.15) is 0 Å². The number of nitrogens with zero attached hydrogens (tertiary/aromatic N) is 1. The minimum absolute atomic E-state index is 0.410. The van der Waals surface area contributed by atoms with Gasteiger partial charge in [0.1, 0.15) is 23.0 Å². The lowest BCUT2D eigenvalue weighted by Gasteiger charge is -2.26. The summed E-state index contributed by atoms with van der Waals surface area (Å²) in [5, 5.41) is 19.4. The highest BCUT2D eigenvalue weighted by molar-refractivity contribution is 5.90. The molecule has 0 fully saturated rings. The first kappa shape index (κ1) is 25.0. The summed E-state index contributed by atoms with van der Waals surface area (Å²) in [4.78, 5) is 24.1. The Balaban J connectivity index is 1.68. The van der Waals surface area contributed by atoms with Crippen molar-refractivity contribution in [2.24, 2.45) is 0 Å². The summed E-state index contributed by atoms with van der Waals surface area (Å²) in [5.74, 6) is -0.449. The van der Waals surface area contributed by atoms with Crippen LogP contribution < -0.4 is 10.6 Å². The maximum absolute atomic E-state index is 12.5. The van der Waals surface area contributed by atoms with E-state index in [9.17, 15) is 14.7 Å². The molecule has 0 saturated heterocycles. The second-order valence-corrected chi connectivity index (χ2v) is 8.49. The Hall–Kier alpha value is -3.65. The second-order valence-electron chi connectivity index (χ2n) is 8.49. The fourth-order valence-electron chi connectivity index (χ4n) is 3.64. The molecule has 2 atom stereocenters. The Bertz CT molecular complexity index is 1110. The van der Waals surface area contributed by atoms with Gasteiger partial charge in [-0.15, -0.1) is 0 Å². The van der Waals surface area contributed by atoms with Crippen molar-refractivity contribution in [3.63, 3.8) is 0 Å². The van der Waals surface area contributed by atoms with E-state index in [1.807, 2.05) is 61.5 Å². The van der Waals surface area contributed by atoms with Gasteiger partial charge >= 0.3 is 12.1 Å². The maximum Gasteiger partial charge on any atom is 0.412 e. The van der Waals surface area contributed by atoms with Crippen molar-refractivity contribution in [1.29, 1.82) is 0 Å². The van der Waals surface area contributed by atoms with E-state index in [1.54, 1.807) is 20.8 Å². The summed E-state index contributed by atoms with van der Waals surface area (Å²) in [5.41, 5.74) is 2.53. The van der Waals surface area contributed by atoms with Crippen LogP contribution in [-0.2, 0) is 16.1 Å². The molecule has 180 valence electrons. The van der Waals surface area contributed by atoms with Gasteiger partial charge in [-0.25, -0.2) is 4.79 Å². The van der Waals surface area contributed by atoms with Crippen LogP contribution in [0, 0.1) is 6.92 Å². The van der Waals surface area contributed by atoms with Crippen LogP contribution >= 0.6 is 0 Å². The van der Waals surface area contributed by atoms with Gasteiger partial charge in [0.25, 0.3) is 0 Å². The van der Waals surface area contributed by atoms with Crippen LogP contribution in [-0.4, -0.2) is 27.9 Å². The number of amides is 1. The molecule has 3 N–H and O–H groups in total. The Morgan fingerprint density at radius 2 is 1.82 bits per heavy atom. The fraction of sp³-hybridized carbons (Fsp3) is 0.346. The zero-order chi connectivity index (χ0) is 24.7. The fourth-order valence-corrected chi connectivity index (χ4v) is 3.64. The molecule has 8 nitrogen and oxygen atoms in total. The zero-order valence-corrected chi connectivity index (χ0v) is 19.9. The average molecular weight is 466 g/mol. The van der Waals surface area contributed by atoms with E-state index < -0.39 is 23.7 Å². The average Bonchev–Trinajstić information content (AvgIpc) is 3.18. The van der Waals surface area contributed by atoms with Crippen molar-refractivity contribution < 1.29 is 24.0 Å². The summed E-state index contributed by atoms with van der Waals surface area (Å²) >= 11 is 0. The van der Waals surface area contributed by atoms with E-state index >= 15 is 0 Å². The summed E-state index contributed by atoms with van der Waals surface area (Å²) in [7, 11) is 0. The number of rotatable bonds is 10.